The van der Waals surface area contributed by atoms with Gasteiger partial charge in [0, 0.05) is 19.3 Å². The summed E-state index contributed by atoms with van der Waals surface area (Å²) in [7, 11) is 0. The first-order valence-electron chi connectivity index (χ1n) is 33.8. The molecule has 6 nitrogen and oxygen atoms in total. The van der Waals surface area contributed by atoms with Crippen molar-refractivity contribution in [2.45, 2.75) is 361 Å². The third kappa shape index (κ3) is 63.8. The third-order valence-electron chi connectivity index (χ3n) is 15.0. The van der Waals surface area contributed by atoms with Crippen LogP contribution in [0.5, 0.6) is 0 Å². The Morgan fingerprint density at radius 2 is 0.506 bits per heavy atom. The fourth-order valence-electron chi connectivity index (χ4n) is 9.96. The smallest absolute Gasteiger partial charge is 0.306 e. The van der Waals surface area contributed by atoms with Gasteiger partial charge in [-0.3, -0.25) is 14.4 Å². The number of unbranched alkanes of at least 4 members (excludes halogenated alkanes) is 41. The lowest BCUT2D eigenvalue weighted by atomic mass is 10.0. The Labute approximate surface area is 479 Å². The summed E-state index contributed by atoms with van der Waals surface area (Å²) in [5.41, 5.74) is 0. The highest BCUT2D eigenvalue weighted by Gasteiger charge is 2.19. The molecule has 0 bridgehead atoms. The van der Waals surface area contributed by atoms with Crippen molar-refractivity contribution in [3.8, 4) is 0 Å². The van der Waals surface area contributed by atoms with E-state index in [1.807, 2.05) is 0 Å². The molecule has 0 amide bonds. The molecule has 0 N–H and O–H groups in total. The zero-order chi connectivity index (χ0) is 55.7. The molecule has 0 radical (unpaired) electrons. The van der Waals surface area contributed by atoms with Crippen LogP contribution in [0, 0.1) is 0 Å². The number of carbonyl (C=O) groups is 3. The van der Waals surface area contributed by atoms with Crippen molar-refractivity contribution in [3.63, 3.8) is 0 Å². The quantitative estimate of drug-likeness (QED) is 0.0261. The highest BCUT2D eigenvalue weighted by molar-refractivity contribution is 5.71. The Bertz CT molecular complexity index is 1380. The largest absolute Gasteiger partial charge is 0.462 e. The summed E-state index contributed by atoms with van der Waals surface area (Å²) in [6.45, 7) is 6.49. The van der Waals surface area contributed by atoms with Crippen molar-refractivity contribution in [1.82, 2.24) is 0 Å². The van der Waals surface area contributed by atoms with Gasteiger partial charge in [-0.15, -0.1) is 0 Å². The molecule has 0 aliphatic rings. The normalized spacial score (nSPS) is 12.4. The molecule has 0 saturated heterocycles. The monoisotopic (exact) mass is 1080 g/mol. The van der Waals surface area contributed by atoms with Gasteiger partial charge in [0.1, 0.15) is 13.2 Å². The molecule has 0 rings (SSSR count). The third-order valence-corrected chi connectivity index (χ3v) is 15.0. The summed E-state index contributed by atoms with van der Waals surface area (Å²) < 4.78 is 16.8. The van der Waals surface area contributed by atoms with Gasteiger partial charge >= 0.3 is 17.9 Å². The Morgan fingerprint density at radius 3 is 0.805 bits per heavy atom. The fraction of sp³-hybridized carbons (Fsp3) is 0.817. The van der Waals surface area contributed by atoms with Gasteiger partial charge in [-0.2, -0.15) is 0 Å². The topological polar surface area (TPSA) is 78.9 Å². The van der Waals surface area contributed by atoms with E-state index in [2.05, 4.69) is 81.5 Å². The van der Waals surface area contributed by atoms with Crippen molar-refractivity contribution < 1.29 is 28.6 Å². The highest BCUT2D eigenvalue weighted by atomic mass is 16.6. The fourth-order valence-corrected chi connectivity index (χ4v) is 9.96. The molecule has 0 saturated carbocycles. The summed E-state index contributed by atoms with van der Waals surface area (Å²) in [6, 6.07) is 0. The van der Waals surface area contributed by atoms with Crippen LogP contribution in [-0.4, -0.2) is 37.2 Å². The number of rotatable bonds is 62. The molecule has 0 aromatic heterocycles. The van der Waals surface area contributed by atoms with E-state index in [4.69, 9.17) is 14.2 Å². The zero-order valence-electron chi connectivity index (χ0n) is 51.5. The summed E-state index contributed by atoms with van der Waals surface area (Å²) >= 11 is 0. The average molecular weight is 1080 g/mol. The van der Waals surface area contributed by atoms with Crippen molar-refractivity contribution in [2.24, 2.45) is 0 Å². The van der Waals surface area contributed by atoms with Crippen LogP contribution in [0.4, 0.5) is 0 Å². The number of esters is 3. The molecule has 0 aliphatic carbocycles. The van der Waals surface area contributed by atoms with Gasteiger partial charge in [0.2, 0.25) is 0 Å². The van der Waals surface area contributed by atoms with Crippen molar-refractivity contribution >= 4 is 17.9 Å². The van der Waals surface area contributed by atoms with Crippen molar-refractivity contribution in [3.05, 3.63) is 60.8 Å². The van der Waals surface area contributed by atoms with Crippen LogP contribution < -0.4 is 0 Å². The first-order valence-corrected chi connectivity index (χ1v) is 33.8. The number of hydrogen-bond donors (Lipinski definition) is 0. The summed E-state index contributed by atoms with van der Waals surface area (Å²) in [4.78, 5) is 38.0. The minimum absolute atomic E-state index is 0.0702. The Hall–Kier alpha value is -2.89. The van der Waals surface area contributed by atoms with E-state index in [1.54, 1.807) is 0 Å². The van der Waals surface area contributed by atoms with Gasteiger partial charge in [0.15, 0.2) is 6.10 Å². The lowest BCUT2D eigenvalue weighted by Crippen LogP contribution is -2.30. The van der Waals surface area contributed by atoms with Crippen LogP contribution >= 0.6 is 0 Å². The van der Waals surface area contributed by atoms with E-state index in [0.717, 1.165) is 89.9 Å². The number of allylic oxidation sites excluding steroid dienone is 10. The first-order chi connectivity index (χ1) is 38.0. The Kier molecular flexibility index (Phi) is 63.2. The molecule has 0 heterocycles. The molecule has 0 aromatic carbocycles. The predicted molar refractivity (Wildman–Crippen MR) is 335 cm³/mol. The molecular formula is C71H128O6. The standard InChI is InChI=1S/C71H128O6/c1-4-7-10-13-15-17-19-21-23-25-27-29-30-31-32-33-34-35-36-37-38-39-40-42-43-45-47-49-51-53-55-58-61-64-70(73)76-67-68(66-75-69(72)63-60-57-12-9-6-3)77-71(74)65-62-59-56-54-52-50-48-46-44-41-28-26-24-22-20-18-16-14-11-8-5-2/h7,10,15,17,21,23,26-29,68H,4-6,8-9,11-14,16,18-20,22,24-25,30-67H2,1-3H3/b10-7-,17-15-,23-21-,28-26-,29-27-. The first kappa shape index (κ1) is 74.1. The van der Waals surface area contributed by atoms with Gasteiger partial charge in [0.05, 0.1) is 0 Å². The maximum absolute atomic E-state index is 12.8. The number of ether oxygens (including phenoxy) is 3. The predicted octanol–water partition coefficient (Wildman–Crippen LogP) is 23.1. The second-order valence-corrected chi connectivity index (χ2v) is 22.7. The number of carbonyl (C=O) groups excluding carboxylic acids is 3. The lowest BCUT2D eigenvalue weighted by Gasteiger charge is -2.18. The maximum atomic E-state index is 12.8. The molecule has 1 atom stereocenters. The minimum atomic E-state index is -0.769. The SMILES string of the molecule is CC/C=C\C/C=C\C/C=C\C/C=C\CCCCCCCCCCCCCCCCCCCCCCC(=O)OCC(COC(=O)CCCCCCC)OC(=O)CCCCCCCCCCC/C=C\CCCCCCCCCC. The van der Waals surface area contributed by atoms with E-state index in [1.165, 1.54) is 225 Å². The van der Waals surface area contributed by atoms with Gasteiger partial charge in [-0.1, -0.05) is 313 Å². The lowest BCUT2D eigenvalue weighted by molar-refractivity contribution is -0.167. The summed E-state index contributed by atoms with van der Waals surface area (Å²) in [6.07, 6.45) is 84.5. The molecular weight excluding hydrogens is 949 g/mol. The molecule has 0 aromatic rings. The molecule has 0 aliphatic heterocycles. The van der Waals surface area contributed by atoms with Crippen LogP contribution in [0.2, 0.25) is 0 Å². The van der Waals surface area contributed by atoms with E-state index in [0.29, 0.717) is 19.3 Å². The molecule has 1 unspecified atom stereocenters. The summed E-state index contributed by atoms with van der Waals surface area (Å²) in [5.74, 6) is -0.867. The Balaban J connectivity index is 3.92. The van der Waals surface area contributed by atoms with Crippen LogP contribution in [0.25, 0.3) is 0 Å². The maximum Gasteiger partial charge on any atom is 0.306 e. The van der Waals surface area contributed by atoms with Crippen LogP contribution in [0.1, 0.15) is 355 Å². The van der Waals surface area contributed by atoms with E-state index >= 15 is 0 Å². The van der Waals surface area contributed by atoms with Crippen LogP contribution in [0.15, 0.2) is 60.8 Å². The van der Waals surface area contributed by atoms with Crippen molar-refractivity contribution in [1.29, 1.82) is 0 Å². The van der Waals surface area contributed by atoms with Crippen molar-refractivity contribution in [2.75, 3.05) is 13.2 Å². The Morgan fingerprint density at radius 1 is 0.273 bits per heavy atom. The zero-order valence-corrected chi connectivity index (χ0v) is 51.5. The van der Waals surface area contributed by atoms with Gasteiger partial charge < -0.3 is 14.2 Å². The minimum Gasteiger partial charge on any atom is -0.462 e. The second kappa shape index (κ2) is 65.6. The highest BCUT2D eigenvalue weighted by Crippen LogP contribution is 2.18. The van der Waals surface area contributed by atoms with E-state index in [9.17, 15) is 14.4 Å². The molecule has 448 valence electrons. The summed E-state index contributed by atoms with van der Waals surface area (Å²) in [5, 5.41) is 0. The molecule has 6 heteroatoms. The van der Waals surface area contributed by atoms with Crippen LogP contribution in [-0.2, 0) is 28.6 Å². The van der Waals surface area contributed by atoms with Crippen LogP contribution in [0.3, 0.4) is 0 Å². The number of hydrogen-bond acceptors (Lipinski definition) is 6. The van der Waals surface area contributed by atoms with E-state index in [-0.39, 0.29) is 31.1 Å². The molecule has 0 spiro atoms. The van der Waals surface area contributed by atoms with Gasteiger partial charge in [0.25, 0.3) is 0 Å². The van der Waals surface area contributed by atoms with E-state index < -0.39 is 6.10 Å². The molecule has 77 heavy (non-hydrogen) atoms. The second-order valence-electron chi connectivity index (χ2n) is 22.7. The van der Waals surface area contributed by atoms with Gasteiger partial charge in [-0.05, 0) is 83.5 Å². The van der Waals surface area contributed by atoms with Gasteiger partial charge in [-0.25, -0.2) is 0 Å². The average Bonchev–Trinajstić information content (AvgIpc) is 3.43. The molecule has 0 fully saturated rings.